The van der Waals surface area contributed by atoms with E-state index in [9.17, 15) is 9.18 Å². The molecule has 0 bridgehead atoms. The summed E-state index contributed by atoms with van der Waals surface area (Å²) in [6, 6.07) is 6.16. The van der Waals surface area contributed by atoms with Gasteiger partial charge in [-0.2, -0.15) is 0 Å². The maximum absolute atomic E-state index is 12.6. The average Bonchev–Trinajstić information content (AvgIpc) is 2.13. The molecule has 0 aliphatic carbocycles. The summed E-state index contributed by atoms with van der Waals surface area (Å²) in [4.78, 5) is 9.75. The standard InChI is InChI=1S/C10H9FO2/c11-10-5-1-3-9(7-10)4-2-6-13-8-12/h1-5,7-8H,6H2/b4-2+. The van der Waals surface area contributed by atoms with Crippen LogP contribution in [0.1, 0.15) is 5.56 Å². The van der Waals surface area contributed by atoms with Crippen LogP contribution in [0.25, 0.3) is 6.08 Å². The van der Waals surface area contributed by atoms with Crippen LogP contribution < -0.4 is 0 Å². The third kappa shape index (κ3) is 3.51. The van der Waals surface area contributed by atoms with Gasteiger partial charge >= 0.3 is 0 Å². The molecule has 68 valence electrons. The first-order chi connectivity index (χ1) is 6.33. The second kappa shape index (κ2) is 5.09. The Balaban J connectivity index is 2.53. The van der Waals surface area contributed by atoms with E-state index < -0.39 is 0 Å². The molecule has 0 heterocycles. The van der Waals surface area contributed by atoms with Gasteiger partial charge < -0.3 is 4.74 Å². The molecule has 0 unspecified atom stereocenters. The molecule has 0 fully saturated rings. The van der Waals surface area contributed by atoms with Crippen molar-refractivity contribution in [3.05, 3.63) is 41.7 Å². The number of ether oxygens (including phenoxy) is 1. The highest BCUT2D eigenvalue weighted by molar-refractivity contribution is 5.49. The first kappa shape index (κ1) is 9.45. The quantitative estimate of drug-likeness (QED) is 0.523. The Morgan fingerprint density at radius 3 is 3.00 bits per heavy atom. The maximum atomic E-state index is 12.6. The Morgan fingerprint density at radius 2 is 2.31 bits per heavy atom. The number of hydrogen-bond donors (Lipinski definition) is 0. The lowest BCUT2D eigenvalue weighted by Gasteiger charge is -1.93. The van der Waals surface area contributed by atoms with Crippen LogP contribution in [0.3, 0.4) is 0 Å². The highest BCUT2D eigenvalue weighted by Gasteiger charge is 1.89. The van der Waals surface area contributed by atoms with Crippen LogP contribution in [0.5, 0.6) is 0 Å². The topological polar surface area (TPSA) is 26.3 Å². The van der Waals surface area contributed by atoms with Gasteiger partial charge in [-0.05, 0) is 23.8 Å². The normalized spacial score (nSPS) is 10.2. The number of carbonyl (C=O) groups is 1. The lowest BCUT2D eigenvalue weighted by atomic mass is 10.2. The monoisotopic (exact) mass is 180 g/mol. The number of rotatable bonds is 4. The first-order valence-corrected chi connectivity index (χ1v) is 3.80. The van der Waals surface area contributed by atoms with Crippen molar-refractivity contribution >= 4 is 12.5 Å². The summed E-state index contributed by atoms with van der Waals surface area (Å²) in [6.45, 7) is 0.579. The van der Waals surface area contributed by atoms with E-state index in [1.54, 1.807) is 24.3 Å². The maximum Gasteiger partial charge on any atom is 0.293 e. The zero-order valence-corrected chi connectivity index (χ0v) is 6.94. The van der Waals surface area contributed by atoms with Gasteiger partial charge in [-0.1, -0.05) is 18.2 Å². The van der Waals surface area contributed by atoms with Crippen molar-refractivity contribution in [1.29, 1.82) is 0 Å². The van der Waals surface area contributed by atoms with Crippen LogP contribution in [0.15, 0.2) is 30.3 Å². The van der Waals surface area contributed by atoms with E-state index in [1.165, 1.54) is 12.1 Å². The molecule has 0 amide bonds. The molecule has 1 rings (SSSR count). The third-order valence-electron chi connectivity index (χ3n) is 1.42. The smallest absolute Gasteiger partial charge is 0.293 e. The number of hydrogen-bond acceptors (Lipinski definition) is 2. The highest BCUT2D eigenvalue weighted by Crippen LogP contribution is 2.04. The van der Waals surface area contributed by atoms with Crippen LogP contribution in [0, 0.1) is 5.82 Å². The van der Waals surface area contributed by atoms with Crippen molar-refractivity contribution in [2.45, 2.75) is 0 Å². The lowest BCUT2D eigenvalue weighted by Crippen LogP contribution is -1.85. The summed E-state index contributed by atoms with van der Waals surface area (Å²) in [7, 11) is 0. The zero-order valence-electron chi connectivity index (χ0n) is 6.94. The number of carbonyl (C=O) groups excluding carboxylic acids is 1. The summed E-state index contributed by atoms with van der Waals surface area (Å²) in [5.74, 6) is -0.279. The van der Waals surface area contributed by atoms with Crippen molar-refractivity contribution in [3.63, 3.8) is 0 Å². The molecule has 0 aliphatic rings. The molecule has 0 atom stereocenters. The molecule has 3 heteroatoms. The minimum absolute atomic E-state index is 0.208. The molecule has 0 radical (unpaired) electrons. The van der Waals surface area contributed by atoms with E-state index in [4.69, 9.17) is 0 Å². The van der Waals surface area contributed by atoms with E-state index in [1.807, 2.05) is 0 Å². The Hall–Kier alpha value is -1.64. The largest absolute Gasteiger partial charge is 0.464 e. The van der Waals surface area contributed by atoms with Gasteiger partial charge in [0.05, 0.1) is 0 Å². The zero-order chi connectivity index (χ0) is 9.52. The molecule has 2 nitrogen and oxygen atoms in total. The van der Waals surface area contributed by atoms with Gasteiger partial charge in [0.25, 0.3) is 6.47 Å². The Morgan fingerprint density at radius 1 is 1.46 bits per heavy atom. The molecule has 1 aromatic carbocycles. The molecule has 0 aromatic heterocycles. The van der Waals surface area contributed by atoms with Gasteiger partial charge in [0, 0.05) is 0 Å². The molecule has 13 heavy (non-hydrogen) atoms. The number of halogens is 1. The third-order valence-corrected chi connectivity index (χ3v) is 1.42. The molecule has 0 saturated carbocycles. The Kier molecular flexibility index (Phi) is 3.70. The van der Waals surface area contributed by atoms with E-state index in [0.29, 0.717) is 6.47 Å². The average molecular weight is 180 g/mol. The van der Waals surface area contributed by atoms with Gasteiger partial charge in [0.1, 0.15) is 12.4 Å². The van der Waals surface area contributed by atoms with E-state index in [2.05, 4.69) is 4.74 Å². The van der Waals surface area contributed by atoms with Crippen molar-refractivity contribution in [2.24, 2.45) is 0 Å². The van der Waals surface area contributed by atoms with Crippen LogP contribution >= 0.6 is 0 Å². The first-order valence-electron chi connectivity index (χ1n) is 3.80. The minimum Gasteiger partial charge on any atom is -0.464 e. The molecular weight excluding hydrogens is 171 g/mol. The Labute approximate surface area is 75.6 Å². The van der Waals surface area contributed by atoms with E-state index in [-0.39, 0.29) is 12.4 Å². The fraction of sp³-hybridized carbons (Fsp3) is 0.100. The predicted molar refractivity (Wildman–Crippen MR) is 47.5 cm³/mol. The van der Waals surface area contributed by atoms with Gasteiger partial charge in [-0.25, -0.2) is 4.39 Å². The van der Waals surface area contributed by atoms with E-state index in [0.717, 1.165) is 5.56 Å². The molecule has 0 saturated heterocycles. The SMILES string of the molecule is O=COC/C=C/c1cccc(F)c1. The summed E-state index contributed by atoms with van der Waals surface area (Å²) in [5, 5.41) is 0. The predicted octanol–water partition coefficient (Wildman–Crippen LogP) is 2.01. The number of benzene rings is 1. The summed E-state index contributed by atoms with van der Waals surface area (Å²) < 4.78 is 17.0. The molecule has 0 N–H and O–H groups in total. The minimum atomic E-state index is -0.279. The van der Waals surface area contributed by atoms with Gasteiger partial charge in [-0.3, -0.25) is 4.79 Å². The summed E-state index contributed by atoms with van der Waals surface area (Å²) >= 11 is 0. The Bertz CT molecular complexity index is 308. The van der Waals surface area contributed by atoms with Gasteiger partial charge in [-0.15, -0.1) is 0 Å². The second-order valence-electron chi connectivity index (χ2n) is 2.39. The van der Waals surface area contributed by atoms with E-state index >= 15 is 0 Å². The molecule has 1 aromatic rings. The van der Waals surface area contributed by atoms with Crippen molar-refractivity contribution in [2.75, 3.05) is 6.61 Å². The highest BCUT2D eigenvalue weighted by atomic mass is 19.1. The molecule has 0 aliphatic heterocycles. The molecular formula is C10H9FO2. The van der Waals surface area contributed by atoms with Crippen LogP contribution in [-0.4, -0.2) is 13.1 Å². The van der Waals surface area contributed by atoms with Crippen LogP contribution in [-0.2, 0) is 9.53 Å². The second-order valence-corrected chi connectivity index (χ2v) is 2.39. The fourth-order valence-corrected chi connectivity index (χ4v) is 0.889. The van der Waals surface area contributed by atoms with Gasteiger partial charge in [0.15, 0.2) is 0 Å². The summed E-state index contributed by atoms with van der Waals surface area (Å²) in [5.41, 5.74) is 0.745. The van der Waals surface area contributed by atoms with Crippen molar-refractivity contribution in [3.8, 4) is 0 Å². The van der Waals surface area contributed by atoms with Gasteiger partial charge in [0.2, 0.25) is 0 Å². The molecule has 0 spiro atoms. The fourth-order valence-electron chi connectivity index (χ4n) is 0.889. The summed E-state index contributed by atoms with van der Waals surface area (Å²) in [6.07, 6.45) is 3.33. The van der Waals surface area contributed by atoms with Crippen molar-refractivity contribution < 1.29 is 13.9 Å². The lowest BCUT2D eigenvalue weighted by molar-refractivity contribution is -0.127. The van der Waals surface area contributed by atoms with Crippen LogP contribution in [0.2, 0.25) is 0 Å². The van der Waals surface area contributed by atoms with Crippen molar-refractivity contribution in [1.82, 2.24) is 0 Å². The van der Waals surface area contributed by atoms with Crippen LogP contribution in [0.4, 0.5) is 4.39 Å².